The molecule has 0 heterocycles. The van der Waals surface area contributed by atoms with Crippen LogP contribution in [-0.4, -0.2) is 31.0 Å². The van der Waals surface area contributed by atoms with Crippen molar-refractivity contribution in [3.63, 3.8) is 0 Å². The Morgan fingerprint density at radius 2 is 1.88 bits per heavy atom. The lowest BCUT2D eigenvalue weighted by atomic mass is 9.84. The maximum Gasteiger partial charge on any atom is 0.203 e. The van der Waals surface area contributed by atoms with Crippen LogP contribution in [0.5, 0.6) is 17.2 Å². The summed E-state index contributed by atoms with van der Waals surface area (Å²) in [7, 11) is 2.96. The van der Waals surface area contributed by atoms with Crippen LogP contribution in [0.1, 0.15) is 19.4 Å². The number of hydrogen-bond donors (Lipinski definition) is 2. The molecule has 1 aromatic rings. The maximum absolute atomic E-state index is 10.2. The normalized spacial score (nSPS) is 11.4. The molecule has 1 aromatic carbocycles. The van der Waals surface area contributed by atoms with Crippen LogP contribution in [0.15, 0.2) is 10.5 Å². The van der Waals surface area contributed by atoms with Crippen molar-refractivity contribution in [2.45, 2.75) is 19.3 Å². The highest BCUT2D eigenvalue weighted by molar-refractivity contribution is 9.10. The number of phenolic OH excluding ortho intramolecular Hbond substituents is 1. The molecule has 0 unspecified atom stereocenters. The van der Waals surface area contributed by atoms with Crippen LogP contribution in [-0.2, 0) is 5.41 Å². The lowest BCUT2D eigenvalue weighted by Gasteiger charge is -2.26. The molecule has 0 atom stereocenters. The second-order valence-corrected chi connectivity index (χ2v) is 5.21. The summed E-state index contributed by atoms with van der Waals surface area (Å²) in [4.78, 5) is 0. The van der Waals surface area contributed by atoms with Gasteiger partial charge in [-0.25, -0.2) is 0 Å². The highest BCUT2D eigenvalue weighted by atomic mass is 79.9. The van der Waals surface area contributed by atoms with Crippen LogP contribution in [0.2, 0.25) is 0 Å². The van der Waals surface area contributed by atoms with E-state index in [-0.39, 0.29) is 18.1 Å². The number of hydrogen-bond acceptors (Lipinski definition) is 4. The van der Waals surface area contributed by atoms with E-state index in [9.17, 15) is 10.2 Å². The summed E-state index contributed by atoms with van der Waals surface area (Å²) >= 11 is 3.37. The van der Waals surface area contributed by atoms with Gasteiger partial charge in [-0.3, -0.25) is 0 Å². The van der Waals surface area contributed by atoms with E-state index in [1.807, 2.05) is 13.8 Å². The largest absolute Gasteiger partial charge is 0.504 e. The molecule has 0 aromatic heterocycles. The average Bonchev–Trinajstić information content (AvgIpc) is 2.27. The van der Waals surface area contributed by atoms with E-state index in [1.165, 1.54) is 14.2 Å². The second-order valence-electron chi connectivity index (χ2n) is 4.36. The van der Waals surface area contributed by atoms with Crippen LogP contribution in [0, 0.1) is 0 Å². The van der Waals surface area contributed by atoms with Crippen molar-refractivity contribution in [2.24, 2.45) is 0 Å². The van der Waals surface area contributed by atoms with Crippen molar-refractivity contribution in [3.05, 3.63) is 16.1 Å². The zero-order chi connectivity index (χ0) is 13.2. The molecule has 5 heteroatoms. The molecule has 0 aliphatic rings. The van der Waals surface area contributed by atoms with E-state index in [0.717, 1.165) is 0 Å². The number of aromatic hydroxyl groups is 1. The van der Waals surface area contributed by atoms with Gasteiger partial charge in [0.25, 0.3) is 0 Å². The quantitative estimate of drug-likeness (QED) is 0.897. The lowest BCUT2D eigenvalue weighted by molar-refractivity contribution is 0.213. The number of aliphatic hydroxyl groups excluding tert-OH is 1. The van der Waals surface area contributed by atoms with E-state index >= 15 is 0 Å². The predicted molar refractivity (Wildman–Crippen MR) is 69.0 cm³/mol. The minimum atomic E-state index is -0.581. The average molecular weight is 305 g/mol. The summed E-state index contributed by atoms with van der Waals surface area (Å²) in [6.07, 6.45) is 0. The fraction of sp³-hybridized carbons (Fsp3) is 0.500. The highest BCUT2D eigenvalue weighted by Gasteiger charge is 2.29. The second kappa shape index (κ2) is 5.14. The lowest BCUT2D eigenvalue weighted by Crippen LogP contribution is -2.23. The van der Waals surface area contributed by atoms with Crippen LogP contribution >= 0.6 is 15.9 Å². The Bertz CT molecular complexity index is 415. The number of rotatable bonds is 4. The van der Waals surface area contributed by atoms with Gasteiger partial charge in [0.1, 0.15) is 0 Å². The van der Waals surface area contributed by atoms with E-state index < -0.39 is 5.41 Å². The van der Waals surface area contributed by atoms with E-state index in [0.29, 0.717) is 15.8 Å². The Morgan fingerprint density at radius 1 is 1.29 bits per heavy atom. The van der Waals surface area contributed by atoms with E-state index in [2.05, 4.69) is 15.9 Å². The smallest absolute Gasteiger partial charge is 0.203 e. The van der Waals surface area contributed by atoms with Gasteiger partial charge in [0.15, 0.2) is 11.5 Å². The first-order valence-electron chi connectivity index (χ1n) is 5.13. The van der Waals surface area contributed by atoms with Gasteiger partial charge in [-0.2, -0.15) is 0 Å². The van der Waals surface area contributed by atoms with Gasteiger partial charge in [0, 0.05) is 15.5 Å². The number of aliphatic hydroxyl groups is 1. The van der Waals surface area contributed by atoms with Crippen molar-refractivity contribution in [2.75, 3.05) is 20.8 Å². The molecule has 0 aliphatic carbocycles. The molecule has 4 nitrogen and oxygen atoms in total. The Balaban J connectivity index is 3.53. The summed E-state index contributed by atoms with van der Waals surface area (Å²) in [6, 6.07) is 1.71. The Morgan fingerprint density at radius 3 is 2.29 bits per heavy atom. The van der Waals surface area contributed by atoms with Crippen molar-refractivity contribution in [1.82, 2.24) is 0 Å². The van der Waals surface area contributed by atoms with Crippen molar-refractivity contribution in [1.29, 1.82) is 0 Å². The first kappa shape index (κ1) is 14.1. The first-order chi connectivity index (χ1) is 7.88. The summed E-state index contributed by atoms with van der Waals surface area (Å²) in [5, 5.41) is 19.6. The third-order valence-corrected chi connectivity index (χ3v) is 3.29. The molecule has 0 aliphatic heterocycles. The molecule has 0 saturated heterocycles. The summed E-state index contributed by atoms with van der Waals surface area (Å²) in [5.74, 6) is 0.694. The Labute approximate surface area is 109 Å². The zero-order valence-corrected chi connectivity index (χ0v) is 12.0. The molecular formula is C12H17BrO4. The molecule has 0 spiro atoms. The standard InChI is InChI=1S/C12H17BrO4/c1-12(2,6-14)9-7(13)5-8(16-3)11(17-4)10(9)15/h5,14-15H,6H2,1-4H3. The summed E-state index contributed by atoms with van der Waals surface area (Å²) in [5.41, 5.74) is 0.0142. The van der Waals surface area contributed by atoms with Gasteiger partial charge in [-0.15, -0.1) is 0 Å². The van der Waals surface area contributed by atoms with Crippen molar-refractivity contribution in [3.8, 4) is 17.2 Å². The summed E-state index contributed by atoms with van der Waals surface area (Å²) in [6.45, 7) is 3.58. The van der Waals surface area contributed by atoms with Gasteiger partial charge in [-0.05, 0) is 6.07 Å². The molecule has 1 rings (SSSR count). The Hall–Kier alpha value is -0.940. The molecule has 2 N–H and O–H groups in total. The predicted octanol–water partition coefficient (Wildman–Crippen LogP) is 2.44. The van der Waals surface area contributed by atoms with Crippen LogP contribution in [0.4, 0.5) is 0 Å². The zero-order valence-electron chi connectivity index (χ0n) is 10.4. The topological polar surface area (TPSA) is 58.9 Å². The van der Waals surface area contributed by atoms with Gasteiger partial charge in [0.2, 0.25) is 5.75 Å². The van der Waals surface area contributed by atoms with Crippen molar-refractivity contribution < 1.29 is 19.7 Å². The van der Waals surface area contributed by atoms with Crippen LogP contribution in [0.3, 0.4) is 0 Å². The number of methoxy groups -OCH3 is 2. The fourth-order valence-electron chi connectivity index (χ4n) is 1.67. The molecule has 0 saturated carbocycles. The third-order valence-electron chi connectivity index (χ3n) is 2.67. The third kappa shape index (κ3) is 2.50. The monoisotopic (exact) mass is 304 g/mol. The number of halogens is 1. The van der Waals surface area contributed by atoms with Crippen LogP contribution < -0.4 is 9.47 Å². The first-order valence-corrected chi connectivity index (χ1v) is 5.93. The molecule has 0 amide bonds. The molecule has 0 fully saturated rings. The number of benzene rings is 1. The highest BCUT2D eigenvalue weighted by Crippen LogP contribution is 2.47. The fourth-order valence-corrected chi connectivity index (χ4v) is 2.60. The van der Waals surface area contributed by atoms with Crippen molar-refractivity contribution >= 4 is 15.9 Å². The SMILES string of the molecule is COc1cc(Br)c(C(C)(C)CO)c(O)c1OC. The molecule has 0 radical (unpaired) electrons. The van der Waals surface area contributed by atoms with Gasteiger partial charge in [-0.1, -0.05) is 29.8 Å². The van der Waals surface area contributed by atoms with E-state index in [1.54, 1.807) is 6.07 Å². The Kier molecular flexibility index (Phi) is 4.27. The van der Waals surface area contributed by atoms with Gasteiger partial charge >= 0.3 is 0 Å². The number of phenols is 1. The van der Waals surface area contributed by atoms with Gasteiger partial charge < -0.3 is 19.7 Å². The molecule has 0 bridgehead atoms. The van der Waals surface area contributed by atoms with E-state index in [4.69, 9.17) is 9.47 Å². The molecular weight excluding hydrogens is 288 g/mol. The minimum Gasteiger partial charge on any atom is -0.504 e. The molecule has 17 heavy (non-hydrogen) atoms. The summed E-state index contributed by atoms with van der Waals surface area (Å²) < 4.78 is 10.9. The molecule has 96 valence electrons. The number of ether oxygens (including phenoxy) is 2. The minimum absolute atomic E-state index is 0.0159. The van der Waals surface area contributed by atoms with Crippen LogP contribution in [0.25, 0.3) is 0 Å². The van der Waals surface area contributed by atoms with Gasteiger partial charge in [0.05, 0.1) is 20.8 Å². The maximum atomic E-state index is 10.2.